The average Bonchev–Trinajstić information content (AvgIpc) is 2.83. The zero-order chi connectivity index (χ0) is 26.6. The molecule has 2 saturated carbocycles. The molecule has 0 unspecified atom stereocenters. The van der Waals surface area contributed by atoms with Crippen LogP contribution in [0.1, 0.15) is 83.1 Å². The molecule has 2 aliphatic carbocycles. The van der Waals surface area contributed by atoms with Crippen molar-refractivity contribution in [3.05, 3.63) is 29.8 Å². The van der Waals surface area contributed by atoms with Crippen molar-refractivity contribution >= 4 is 5.97 Å². The smallest absolute Gasteiger partial charge is 0.426 e. The highest BCUT2D eigenvalue weighted by molar-refractivity contribution is 5.75. The van der Waals surface area contributed by atoms with Crippen LogP contribution < -0.4 is 4.74 Å². The molecule has 0 amide bonds. The van der Waals surface area contributed by atoms with Crippen molar-refractivity contribution < 1.29 is 40.3 Å². The van der Waals surface area contributed by atoms with Crippen LogP contribution >= 0.6 is 0 Å². The number of ether oxygens (including phenoxy) is 1. The molecule has 0 aromatic heterocycles. The van der Waals surface area contributed by atoms with Gasteiger partial charge in [0.2, 0.25) is 0 Å². The number of aryl methyl sites for hydroxylation is 1. The van der Waals surface area contributed by atoms with Gasteiger partial charge < -0.3 is 4.74 Å². The van der Waals surface area contributed by atoms with E-state index in [4.69, 9.17) is 4.74 Å². The third kappa shape index (κ3) is 6.94. The van der Waals surface area contributed by atoms with Crippen LogP contribution in [0.2, 0.25) is 0 Å². The maximum absolute atomic E-state index is 13.5. The van der Waals surface area contributed by atoms with Crippen molar-refractivity contribution in [2.24, 2.45) is 23.7 Å². The number of carbonyl (C=O) groups excluding carboxylic acids is 1. The molecule has 36 heavy (non-hydrogen) atoms. The van der Waals surface area contributed by atoms with E-state index in [9.17, 15) is 35.5 Å². The summed E-state index contributed by atoms with van der Waals surface area (Å²) in [7, 11) is 0. The van der Waals surface area contributed by atoms with Gasteiger partial charge in [0.25, 0.3) is 0 Å². The summed E-state index contributed by atoms with van der Waals surface area (Å²) >= 11 is 0. The van der Waals surface area contributed by atoms with Crippen LogP contribution in [0.4, 0.5) is 30.7 Å². The highest BCUT2D eigenvalue weighted by Crippen LogP contribution is 2.48. The van der Waals surface area contributed by atoms with E-state index in [1.165, 1.54) is 62.8 Å². The van der Waals surface area contributed by atoms with Crippen LogP contribution in [0.3, 0.4) is 0 Å². The summed E-state index contributed by atoms with van der Waals surface area (Å²) in [5.41, 5.74) is 0.140. The molecule has 2 fully saturated rings. The molecule has 0 saturated heterocycles. The van der Waals surface area contributed by atoms with Gasteiger partial charge in [-0.05, 0) is 80.4 Å². The van der Waals surface area contributed by atoms with Crippen LogP contribution in [0, 0.1) is 23.7 Å². The zero-order valence-corrected chi connectivity index (χ0v) is 20.6. The predicted octanol–water partition coefficient (Wildman–Crippen LogP) is 8.77. The van der Waals surface area contributed by atoms with E-state index in [0.29, 0.717) is 5.92 Å². The molecule has 2 nitrogen and oxygen atoms in total. The monoisotopic (exact) mass is 524 g/mol. The highest BCUT2D eigenvalue weighted by Gasteiger charge is 2.72. The molecule has 9 heteroatoms. The summed E-state index contributed by atoms with van der Waals surface area (Å²) in [6.07, 6.45) is 2.55. The van der Waals surface area contributed by atoms with Crippen molar-refractivity contribution in [2.75, 3.05) is 0 Å². The third-order valence-corrected chi connectivity index (χ3v) is 8.05. The third-order valence-electron chi connectivity index (χ3n) is 8.05. The lowest BCUT2D eigenvalue weighted by Gasteiger charge is -2.37. The second kappa shape index (κ2) is 11.7. The normalized spacial score (nSPS) is 26.0. The molecule has 0 aliphatic heterocycles. The zero-order valence-electron chi connectivity index (χ0n) is 20.6. The van der Waals surface area contributed by atoms with Crippen LogP contribution in [-0.2, 0) is 11.2 Å². The minimum absolute atomic E-state index is 0.140. The molecule has 1 aromatic rings. The summed E-state index contributed by atoms with van der Waals surface area (Å²) in [5, 5.41) is 0. The number of alkyl halides is 7. The fourth-order valence-electron chi connectivity index (χ4n) is 5.77. The molecule has 1 aromatic carbocycles. The molecule has 0 radical (unpaired) electrons. The molecular formula is C27H35F7O2. The number of hydrogen-bond donors (Lipinski definition) is 0. The Morgan fingerprint density at radius 1 is 0.833 bits per heavy atom. The predicted molar refractivity (Wildman–Crippen MR) is 122 cm³/mol. The van der Waals surface area contributed by atoms with Crippen molar-refractivity contribution in [3.8, 4) is 5.75 Å². The summed E-state index contributed by atoms with van der Waals surface area (Å²) in [5.74, 6) is -9.46. The Bertz CT molecular complexity index is 835. The van der Waals surface area contributed by atoms with E-state index in [0.717, 1.165) is 37.5 Å². The average molecular weight is 525 g/mol. The second-order valence-corrected chi connectivity index (χ2v) is 10.5. The minimum atomic E-state index is -6.33. The van der Waals surface area contributed by atoms with Gasteiger partial charge in [-0.25, -0.2) is 0 Å². The summed E-state index contributed by atoms with van der Waals surface area (Å²) in [6, 6.07) is 5.26. The maximum atomic E-state index is 13.5. The summed E-state index contributed by atoms with van der Waals surface area (Å²) < 4.78 is 95.3. The van der Waals surface area contributed by atoms with Crippen molar-refractivity contribution in [3.63, 3.8) is 0 Å². The van der Waals surface area contributed by atoms with Crippen LogP contribution in [0.25, 0.3) is 0 Å². The van der Waals surface area contributed by atoms with Gasteiger partial charge in [-0.3, -0.25) is 4.79 Å². The quantitative estimate of drug-likeness (QED) is 0.183. The van der Waals surface area contributed by atoms with Crippen LogP contribution in [0.15, 0.2) is 24.3 Å². The molecule has 0 heterocycles. The van der Waals surface area contributed by atoms with Crippen molar-refractivity contribution in [2.45, 2.75) is 102 Å². The number of esters is 1. The lowest BCUT2D eigenvalue weighted by atomic mass is 9.69. The van der Waals surface area contributed by atoms with Gasteiger partial charge in [-0.15, -0.1) is 0 Å². The lowest BCUT2D eigenvalue weighted by Crippen LogP contribution is -2.52. The molecule has 0 atom stereocenters. The van der Waals surface area contributed by atoms with Gasteiger partial charge in [0.1, 0.15) is 5.75 Å². The Morgan fingerprint density at radius 2 is 1.36 bits per heavy atom. The molecule has 0 N–H and O–H groups in total. The topological polar surface area (TPSA) is 26.3 Å². The summed E-state index contributed by atoms with van der Waals surface area (Å²) in [4.78, 5) is 12.6. The fourth-order valence-corrected chi connectivity index (χ4v) is 5.77. The SMILES string of the molecule is CCC[C@H]1CC[C@H]([C@H]2CC[C@H](C(=O)Oc3ccc(CCC(F)(F)C(F)(F)C(F)(F)F)cc3)CC2)CC1. The fraction of sp³-hybridized carbons (Fsp3) is 0.741. The van der Waals surface area contributed by atoms with E-state index in [-0.39, 0.29) is 23.2 Å². The first-order chi connectivity index (χ1) is 16.8. The van der Waals surface area contributed by atoms with Crippen molar-refractivity contribution in [1.82, 2.24) is 0 Å². The second-order valence-electron chi connectivity index (χ2n) is 10.5. The Balaban J connectivity index is 1.43. The van der Waals surface area contributed by atoms with Gasteiger partial charge >= 0.3 is 24.0 Å². The number of benzene rings is 1. The molecule has 0 bridgehead atoms. The molecule has 204 valence electrons. The van der Waals surface area contributed by atoms with Gasteiger partial charge in [0.05, 0.1) is 5.92 Å². The Hall–Kier alpha value is -1.80. The van der Waals surface area contributed by atoms with Gasteiger partial charge in [-0.1, -0.05) is 44.7 Å². The van der Waals surface area contributed by atoms with Gasteiger partial charge in [0.15, 0.2) is 0 Å². The number of halogens is 7. The molecule has 2 aliphatic rings. The Morgan fingerprint density at radius 3 is 1.86 bits per heavy atom. The largest absolute Gasteiger partial charge is 0.459 e. The minimum Gasteiger partial charge on any atom is -0.426 e. The van der Waals surface area contributed by atoms with E-state index in [2.05, 4.69) is 6.92 Å². The Kier molecular flexibility index (Phi) is 9.36. The van der Waals surface area contributed by atoms with Crippen LogP contribution in [-0.4, -0.2) is 24.0 Å². The molecule has 0 spiro atoms. The van der Waals surface area contributed by atoms with Gasteiger partial charge in [-0.2, -0.15) is 30.7 Å². The van der Waals surface area contributed by atoms with E-state index in [1.54, 1.807) is 0 Å². The van der Waals surface area contributed by atoms with Gasteiger partial charge in [0, 0.05) is 6.42 Å². The maximum Gasteiger partial charge on any atom is 0.459 e. The number of hydrogen-bond acceptors (Lipinski definition) is 2. The van der Waals surface area contributed by atoms with Crippen LogP contribution in [0.5, 0.6) is 5.75 Å². The summed E-state index contributed by atoms with van der Waals surface area (Å²) in [6.45, 7) is 2.23. The molecule has 3 rings (SSSR count). The van der Waals surface area contributed by atoms with E-state index >= 15 is 0 Å². The first-order valence-electron chi connectivity index (χ1n) is 13.0. The Labute approximate surface area is 208 Å². The first-order valence-corrected chi connectivity index (χ1v) is 13.0. The van der Waals surface area contributed by atoms with E-state index in [1.807, 2.05) is 0 Å². The molecular weight excluding hydrogens is 489 g/mol. The standard InChI is InChI=1S/C27H35F7O2/c1-2-3-18-4-8-20(9-5-18)21-10-12-22(13-11-21)24(35)36-23-14-6-19(7-15-23)16-17-25(28,29)26(30,31)27(32,33)34/h6-7,14-15,18,20-22H,2-5,8-13,16-17H2,1H3/t18-,20-,21-,22-. The number of carbonyl (C=O) groups is 1. The van der Waals surface area contributed by atoms with E-state index < -0.39 is 30.9 Å². The lowest BCUT2D eigenvalue weighted by molar-refractivity contribution is -0.355. The van der Waals surface area contributed by atoms with Crippen molar-refractivity contribution in [1.29, 1.82) is 0 Å². The number of rotatable bonds is 9. The highest BCUT2D eigenvalue weighted by atomic mass is 19.4. The first kappa shape index (κ1) is 28.8.